The Labute approximate surface area is 225 Å². The van der Waals surface area contributed by atoms with Crippen LogP contribution in [0.3, 0.4) is 0 Å². The fourth-order valence-electron chi connectivity index (χ4n) is 8.05. The molecule has 0 bridgehead atoms. The molecule has 5 fully saturated rings. The van der Waals surface area contributed by atoms with E-state index in [-0.39, 0.29) is 42.4 Å². The fraction of sp³-hybridized carbons (Fsp3) is 0.926. The Balaban J connectivity index is 1.31. The molecule has 11 heteroatoms. The highest BCUT2D eigenvalue weighted by molar-refractivity contribution is 5.80. The predicted octanol–water partition coefficient (Wildman–Crippen LogP) is 0.378. The first kappa shape index (κ1) is 28.1. The summed E-state index contributed by atoms with van der Waals surface area (Å²) in [5.41, 5.74) is 12.5. The second-order valence-electron chi connectivity index (χ2n) is 12.6. The number of nitrogens with zero attached hydrogens (tertiary/aromatic N) is 2. The van der Waals surface area contributed by atoms with Gasteiger partial charge in [0.2, 0.25) is 11.8 Å². The van der Waals surface area contributed by atoms with Crippen molar-refractivity contribution in [3.05, 3.63) is 0 Å². The SMILES string of the molecule is NC(N)C(C(=O)NC1CNCC(F)C1N1CCN2C(=O)CCC2C1)C1CC2(CCCCC2)CCC(F)CN1. The highest BCUT2D eigenvalue weighted by atomic mass is 19.1. The van der Waals surface area contributed by atoms with Crippen molar-refractivity contribution in [1.82, 2.24) is 25.8 Å². The lowest BCUT2D eigenvalue weighted by atomic mass is 9.65. The molecule has 1 aliphatic carbocycles. The van der Waals surface area contributed by atoms with Gasteiger partial charge in [0.1, 0.15) is 12.3 Å². The number of halogens is 2. The van der Waals surface area contributed by atoms with E-state index >= 15 is 4.39 Å². The van der Waals surface area contributed by atoms with E-state index in [0.717, 1.165) is 44.9 Å². The van der Waals surface area contributed by atoms with Crippen molar-refractivity contribution in [2.75, 3.05) is 39.3 Å². The molecule has 0 aromatic heterocycles. The van der Waals surface area contributed by atoms with Crippen LogP contribution >= 0.6 is 0 Å². The summed E-state index contributed by atoms with van der Waals surface area (Å²) in [7, 11) is 0. The van der Waals surface area contributed by atoms with Crippen molar-refractivity contribution < 1.29 is 18.4 Å². The van der Waals surface area contributed by atoms with Crippen molar-refractivity contribution in [2.24, 2.45) is 22.8 Å². The first-order valence-electron chi connectivity index (χ1n) is 14.8. The smallest absolute Gasteiger partial charge is 0.227 e. The van der Waals surface area contributed by atoms with Gasteiger partial charge in [0.15, 0.2) is 0 Å². The summed E-state index contributed by atoms with van der Waals surface area (Å²) in [6.45, 7) is 2.65. The standard InChI is InChI=1S/C27H47F2N7O2/c28-17-6-9-27(7-2-1-3-8-27)12-20(33-13-17)23(25(30)31)26(38)34-21-15-32-14-19(29)24(21)35-10-11-36-18(16-35)4-5-22(36)37/h17-21,23-25,32-33H,1-16,30-31H2,(H,34,38). The molecular formula is C27H47F2N7O2. The zero-order valence-corrected chi connectivity index (χ0v) is 22.6. The van der Waals surface area contributed by atoms with Crippen LogP contribution < -0.4 is 27.4 Å². The molecule has 4 heterocycles. The van der Waals surface area contributed by atoms with Gasteiger partial charge in [0.25, 0.3) is 0 Å². The molecule has 2 amide bonds. The van der Waals surface area contributed by atoms with Gasteiger partial charge in [0.05, 0.1) is 24.2 Å². The molecular weight excluding hydrogens is 492 g/mol. The molecule has 7 unspecified atom stereocenters. The molecule has 0 radical (unpaired) electrons. The molecule has 38 heavy (non-hydrogen) atoms. The number of amides is 2. The zero-order valence-electron chi connectivity index (χ0n) is 22.6. The van der Waals surface area contributed by atoms with Crippen LogP contribution in [0.5, 0.6) is 0 Å². The Morgan fingerprint density at radius 1 is 1.05 bits per heavy atom. The van der Waals surface area contributed by atoms with Gasteiger partial charge in [-0.05, 0) is 43.9 Å². The van der Waals surface area contributed by atoms with Gasteiger partial charge in [-0.1, -0.05) is 19.3 Å². The van der Waals surface area contributed by atoms with Crippen LogP contribution in [-0.2, 0) is 9.59 Å². The Bertz CT molecular complexity index is 842. The van der Waals surface area contributed by atoms with Gasteiger partial charge in [-0.2, -0.15) is 0 Å². The summed E-state index contributed by atoms with van der Waals surface area (Å²) in [6, 6.07) is -1.17. The molecule has 7 N–H and O–H groups in total. The van der Waals surface area contributed by atoms with Gasteiger partial charge in [-0.15, -0.1) is 0 Å². The van der Waals surface area contributed by atoms with Crippen molar-refractivity contribution in [1.29, 1.82) is 0 Å². The van der Waals surface area contributed by atoms with E-state index in [1.165, 1.54) is 6.42 Å². The third kappa shape index (κ3) is 6.01. The maximum atomic E-state index is 15.4. The quantitative estimate of drug-likeness (QED) is 0.320. The summed E-state index contributed by atoms with van der Waals surface area (Å²) in [4.78, 5) is 30.0. The summed E-state index contributed by atoms with van der Waals surface area (Å²) < 4.78 is 30.1. The number of rotatable bonds is 5. The Hall–Kier alpha value is -1.40. The van der Waals surface area contributed by atoms with Crippen molar-refractivity contribution in [3.8, 4) is 0 Å². The van der Waals surface area contributed by atoms with Crippen molar-refractivity contribution >= 4 is 11.8 Å². The van der Waals surface area contributed by atoms with E-state index in [2.05, 4.69) is 20.9 Å². The van der Waals surface area contributed by atoms with E-state index < -0.39 is 36.5 Å². The highest BCUT2D eigenvalue weighted by Crippen LogP contribution is 2.46. The maximum Gasteiger partial charge on any atom is 0.227 e. The number of piperazine rings is 1. The van der Waals surface area contributed by atoms with E-state index in [1.54, 1.807) is 0 Å². The molecule has 5 rings (SSSR count). The van der Waals surface area contributed by atoms with Gasteiger partial charge in [-0.3, -0.25) is 14.5 Å². The van der Waals surface area contributed by atoms with Gasteiger partial charge < -0.3 is 32.3 Å². The second-order valence-corrected chi connectivity index (χ2v) is 12.6. The number of carbonyl (C=O) groups excluding carboxylic acids is 2. The molecule has 9 nitrogen and oxygen atoms in total. The van der Waals surface area contributed by atoms with E-state index in [9.17, 15) is 14.0 Å². The first-order chi connectivity index (χ1) is 18.3. The lowest BCUT2D eigenvalue weighted by molar-refractivity contribution is -0.131. The van der Waals surface area contributed by atoms with Crippen LogP contribution in [-0.4, -0.2) is 104 Å². The number of hydrogen-bond donors (Lipinski definition) is 5. The largest absolute Gasteiger partial charge is 0.350 e. The molecule has 1 spiro atoms. The number of fused-ring (bicyclic) bond motifs is 1. The number of nitrogens with one attached hydrogen (secondary N) is 3. The molecule has 216 valence electrons. The van der Waals surface area contributed by atoms with Crippen molar-refractivity contribution in [3.63, 3.8) is 0 Å². The summed E-state index contributed by atoms with van der Waals surface area (Å²) in [5.74, 6) is -0.858. The predicted molar refractivity (Wildman–Crippen MR) is 142 cm³/mol. The minimum atomic E-state index is -1.15. The summed E-state index contributed by atoms with van der Waals surface area (Å²) >= 11 is 0. The topological polar surface area (TPSA) is 129 Å². The number of alkyl halides is 2. The zero-order chi connectivity index (χ0) is 26.9. The summed E-state index contributed by atoms with van der Waals surface area (Å²) in [6.07, 6.45) is 5.96. The normalized spacial score (nSPS) is 37.5. The number of hydrogen-bond acceptors (Lipinski definition) is 7. The molecule has 7 atom stereocenters. The minimum absolute atomic E-state index is 0.00541. The third-order valence-electron chi connectivity index (χ3n) is 10.1. The molecule has 4 aliphatic heterocycles. The Kier molecular flexibility index (Phi) is 8.88. The molecule has 4 saturated heterocycles. The van der Waals surface area contributed by atoms with E-state index in [4.69, 9.17) is 11.5 Å². The third-order valence-corrected chi connectivity index (χ3v) is 10.1. The maximum absolute atomic E-state index is 15.4. The molecule has 0 aromatic rings. The lowest BCUT2D eigenvalue weighted by Crippen LogP contribution is -2.69. The average molecular weight is 540 g/mol. The average Bonchev–Trinajstić information content (AvgIpc) is 3.25. The molecule has 1 saturated carbocycles. The van der Waals surface area contributed by atoms with E-state index in [1.807, 2.05) is 4.90 Å². The number of carbonyl (C=O) groups is 2. The van der Waals surface area contributed by atoms with Crippen LogP contribution in [0.1, 0.15) is 64.2 Å². The van der Waals surface area contributed by atoms with Crippen molar-refractivity contribution in [2.45, 2.75) is 107 Å². The van der Waals surface area contributed by atoms with Gasteiger partial charge in [0, 0.05) is 57.8 Å². The number of nitrogens with two attached hydrogens (primary N) is 2. The first-order valence-corrected chi connectivity index (χ1v) is 14.8. The monoisotopic (exact) mass is 539 g/mol. The number of piperidine rings is 1. The van der Waals surface area contributed by atoms with Crippen LogP contribution in [0.15, 0.2) is 0 Å². The van der Waals surface area contributed by atoms with Crippen LogP contribution in [0.4, 0.5) is 8.78 Å². The Morgan fingerprint density at radius 2 is 1.84 bits per heavy atom. The Morgan fingerprint density at radius 3 is 2.61 bits per heavy atom. The summed E-state index contributed by atoms with van der Waals surface area (Å²) in [5, 5.41) is 9.57. The molecule has 0 aromatic carbocycles. The molecule has 5 aliphatic rings. The van der Waals surface area contributed by atoms with Crippen LogP contribution in [0.25, 0.3) is 0 Å². The van der Waals surface area contributed by atoms with Crippen LogP contribution in [0.2, 0.25) is 0 Å². The fourth-order valence-corrected chi connectivity index (χ4v) is 8.05. The van der Waals surface area contributed by atoms with E-state index in [0.29, 0.717) is 39.0 Å². The lowest BCUT2D eigenvalue weighted by Gasteiger charge is -2.48. The van der Waals surface area contributed by atoms with Gasteiger partial charge >= 0.3 is 0 Å². The minimum Gasteiger partial charge on any atom is -0.350 e. The van der Waals surface area contributed by atoms with Crippen LogP contribution in [0, 0.1) is 11.3 Å². The second kappa shape index (κ2) is 12.0. The highest BCUT2D eigenvalue weighted by Gasteiger charge is 2.46. The van der Waals surface area contributed by atoms with Gasteiger partial charge in [-0.25, -0.2) is 8.78 Å².